The zero-order valence-corrected chi connectivity index (χ0v) is 12.7. The molecule has 1 fully saturated rings. The molecule has 0 spiro atoms. The van der Waals surface area contributed by atoms with Crippen LogP contribution in [0.2, 0.25) is 0 Å². The molecule has 0 saturated carbocycles. The van der Waals surface area contributed by atoms with Crippen molar-refractivity contribution in [2.45, 2.75) is 12.6 Å². The summed E-state index contributed by atoms with van der Waals surface area (Å²) in [5, 5.41) is 2.39. The zero-order chi connectivity index (χ0) is 17.7. The van der Waals surface area contributed by atoms with Crippen molar-refractivity contribution in [3.05, 3.63) is 29.8 Å². The number of carbonyl (C=O) groups is 3. The molecule has 2 rings (SSSR count). The Morgan fingerprint density at radius 3 is 2.17 bits per heavy atom. The number of carbonyl (C=O) groups excluding carboxylic acids is 3. The molecule has 0 aromatic heterocycles. The van der Waals surface area contributed by atoms with Gasteiger partial charge < -0.3 is 15.1 Å². The van der Waals surface area contributed by atoms with Crippen molar-refractivity contribution in [2.75, 3.05) is 31.5 Å². The van der Waals surface area contributed by atoms with E-state index < -0.39 is 24.1 Å². The third kappa shape index (κ3) is 4.71. The fourth-order valence-electron chi connectivity index (χ4n) is 2.27. The van der Waals surface area contributed by atoms with Gasteiger partial charge in [-0.25, -0.2) is 0 Å². The van der Waals surface area contributed by atoms with Crippen molar-refractivity contribution in [2.24, 2.45) is 0 Å². The lowest BCUT2D eigenvalue weighted by Crippen LogP contribution is -2.48. The molecule has 3 amide bonds. The standard InChI is InChI=1S/C15H16F3N3O3/c16-15(17,18)11-1-3-12(4-2-11)19-13(23)9-14(24)21-7-5-20(10-22)6-8-21/h1-4,10H,5-9H2,(H,19,23). The van der Waals surface area contributed by atoms with E-state index >= 15 is 0 Å². The first-order valence-corrected chi connectivity index (χ1v) is 7.24. The Bertz CT molecular complexity index is 609. The highest BCUT2D eigenvalue weighted by Gasteiger charge is 2.30. The number of nitrogens with zero attached hydrogens (tertiary/aromatic N) is 2. The van der Waals surface area contributed by atoms with Crippen LogP contribution < -0.4 is 5.32 Å². The van der Waals surface area contributed by atoms with Crippen LogP contribution in [0.4, 0.5) is 18.9 Å². The quantitative estimate of drug-likeness (QED) is 0.662. The fraction of sp³-hybridized carbons (Fsp3) is 0.400. The van der Waals surface area contributed by atoms with Crippen LogP contribution in [0.25, 0.3) is 0 Å². The lowest BCUT2D eigenvalue weighted by molar-refractivity contribution is -0.138. The number of amides is 3. The lowest BCUT2D eigenvalue weighted by atomic mass is 10.2. The molecule has 6 nitrogen and oxygen atoms in total. The van der Waals surface area contributed by atoms with Crippen LogP contribution in [0, 0.1) is 0 Å². The highest BCUT2D eigenvalue weighted by molar-refractivity contribution is 6.03. The van der Waals surface area contributed by atoms with E-state index in [0.29, 0.717) is 32.6 Å². The summed E-state index contributed by atoms with van der Waals surface area (Å²) in [4.78, 5) is 37.4. The molecule has 1 aliphatic rings. The van der Waals surface area contributed by atoms with Crippen molar-refractivity contribution in [3.63, 3.8) is 0 Å². The number of benzene rings is 1. The Morgan fingerprint density at radius 2 is 1.67 bits per heavy atom. The van der Waals surface area contributed by atoms with E-state index in [2.05, 4.69) is 5.32 Å². The first kappa shape index (κ1) is 17.8. The van der Waals surface area contributed by atoms with Crippen LogP contribution in [0.1, 0.15) is 12.0 Å². The molecular weight excluding hydrogens is 327 g/mol. The topological polar surface area (TPSA) is 69.7 Å². The summed E-state index contributed by atoms with van der Waals surface area (Å²) in [6, 6.07) is 3.98. The van der Waals surface area contributed by atoms with Gasteiger partial charge >= 0.3 is 6.18 Å². The average molecular weight is 343 g/mol. The summed E-state index contributed by atoms with van der Waals surface area (Å²) in [5.41, 5.74) is -0.629. The highest BCUT2D eigenvalue weighted by Crippen LogP contribution is 2.29. The van der Waals surface area contributed by atoms with Gasteiger partial charge in [0.15, 0.2) is 0 Å². The summed E-state index contributed by atoms with van der Waals surface area (Å²) in [6.45, 7) is 1.53. The minimum Gasteiger partial charge on any atom is -0.342 e. The van der Waals surface area contributed by atoms with Crippen molar-refractivity contribution in [3.8, 4) is 0 Å². The number of halogens is 3. The van der Waals surface area contributed by atoms with E-state index in [4.69, 9.17) is 0 Å². The van der Waals surface area contributed by atoms with Crippen LogP contribution in [-0.2, 0) is 20.6 Å². The first-order valence-electron chi connectivity index (χ1n) is 7.24. The van der Waals surface area contributed by atoms with E-state index in [1.807, 2.05) is 0 Å². The van der Waals surface area contributed by atoms with Crippen molar-refractivity contribution in [1.82, 2.24) is 9.80 Å². The highest BCUT2D eigenvalue weighted by atomic mass is 19.4. The van der Waals surface area contributed by atoms with E-state index in [0.717, 1.165) is 24.3 Å². The molecule has 0 unspecified atom stereocenters. The molecule has 1 aromatic rings. The van der Waals surface area contributed by atoms with E-state index in [-0.39, 0.29) is 11.6 Å². The van der Waals surface area contributed by atoms with Gasteiger partial charge in [-0.15, -0.1) is 0 Å². The van der Waals surface area contributed by atoms with Gasteiger partial charge in [-0.3, -0.25) is 14.4 Å². The molecule has 1 heterocycles. The number of rotatable bonds is 4. The molecule has 1 aliphatic heterocycles. The van der Waals surface area contributed by atoms with Gasteiger partial charge in [0.2, 0.25) is 18.2 Å². The number of anilines is 1. The van der Waals surface area contributed by atoms with Crippen LogP contribution in [0.3, 0.4) is 0 Å². The zero-order valence-electron chi connectivity index (χ0n) is 12.7. The minimum absolute atomic E-state index is 0.187. The average Bonchev–Trinajstić information content (AvgIpc) is 2.54. The molecule has 1 saturated heterocycles. The van der Waals surface area contributed by atoms with Crippen LogP contribution in [0.15, 0.2) is 24.3 Å². The molecular formula is C15H16F3N3O3. The van der Waals surface area contributed by atoms with Gasteiger partial charge in [-0.2, -0.15) is 13.2 Å². The van der Waals surface area contributed by atoms with E-state index in [1.165, 1.54) is 9.80 Å². The number of piperazine rings is 1. The summed E-state index contributed by atoms with van der Waals surface area (Å²) in [5.74, 6) is -0.984. The summed E-state index contributed by atoms with van der Waals surface area (Å²) in [6.07, 6.45) is -4.14. The second-order valence-corrected chi connectivity index (χ2v) is 5.32. The molecule has 9 heteroatoms. The van der Waals surface area contributed by atoms with Gasteiger partial charge in [-0.1, -0.05) is 0 Å². The third-order valence-corrected chi connectivity index (χ3v) is 3.62. The second kappa shape index (κ2) is 7.33. The fourth-order valence-corrected chi connectivity index (χ4v) is 2.27. The summed E-state index contributed by atoms with van der Waals surface area (Å²) in [7, 11) is 0. The lowest BCUT2D eigenvalue weighted by Gasteiger charge is -2.32. The van der Waals surface area contributed by atoms with Gasteiger partial charge in [0.1, 0.15) is 6.42 Å². The Morgan fingerprint density at radius 1 is 1.08 bits per heavy atom. The molecule has 1 N–H and O–H groups in total. The van der Waals surface area contributed by atoms with E-state index in [9.17, 15) is 27.6 Å². The molecule has 0 radical (unpaired) electrons. The Labute approximate surface area is 136 Å². The van der Waals surface area contributed by atoms with Crippen molar-refractivity contribution >= 4 is 23.9 Å². The van der Waals surface area contributed by atoms with Crippen molar-refractivity contribution in [1.29, 1.82) is 0 Å². The third-order valence-electron chi connectivity index (χ3n) is 3.62. The maximum Gasteiger partial charge on any atom is 0.416 e. The van der Waals surface area contributed by atoms with Crippen LogP contribution >= 0.6 is 0 Å². The van der Waals surface area contributed by atoms with Crippen LogP contribution in [-0.4, -0.2) is 54.2 Å². The second-order valence-electron chi connectivity index (χ2n) is 5.32. The number of hydrogen-bond acceptors (Lipinski definition) is 3. The number of hydrogen-bond donors (Lipinski definition) is 1. The number of alkyl halides is 3. The maximum atomic E-state index is 12.5. The number of nitrogens with one attached hydrogen (secondary N) is 1. The molecule has 0 bridgehead atoms. The smallest absolute Gasteiger partial charge is 0.342 e. The minimum atomic E-state index is -4.44. The summed E-state index contributed by atoms with van der Waals surface area (Å²) >= 11 is 0. The van der Waals surface area contributed by atoms with Gasteiger partial charge in [-0.05, 0) is 24.3 Å². The summed E-state index contributed by atoms with van der Waals surface area (Å²) < 4.78 is 37.4. The van der Waals surface area contributed by atoms with Crippen molar-refractivity contribution < 1.29 is 27.6 Å². The molecule has 1 aromatic carbocycles. The molecule has 24 heavy (non-hydrogen) atoms. The maximum absolute atomic E-state index is 12.5. The monoisotopic (exact) mass is 343 g/mol. The van der Waals surface area contributed by atoms with Gasteiger partial charge in [0, 0.05) is 31.9 Å². The van der Waals surface area contributed by atoms with Gasteiger partial charge in [0.25, 0.3) is 0 Å². The molecule has 0 atom stereocenters. The normalized spacial score (nSPS) is 15.1. The Kier molecular flexibility index (Phi) is 5.42. The first-order chi connectivity index (χ1) is 11.3. The van der Waals surface area contributed by atoms with Gasteiger partial charge in [0.05, 0.1) is 5.56 Å². The van der Waals surface area contributed by atoms with E-state index in [1.54, 1.807) is 0 Å². The van der Waals surface area contributed by atoms with Crippen LogP contribution in [0.5, 0.6) is 0 Å². The molecule has 0 aliphatic carbocycles. The largest absolute Gasteiger partial charge is 0.416 e. The molecule has 130 valence electrons. The predicted molar refractivity (Wildman–Crippen MR) is 78.9 cm³/mol. The predicted octanol–water partition coefficient (Wildman–Crippen LogP) is 1.33. The Balaban J connectivity index is 1.84. The Hall–Kier alpha value is -2.58. The SMILES string of the molecule is O=CN1CCN(C(=O)CC(=O)Nc2ccc(C(F)(F)F)cc2)CC1.